The van der Waals surface area contributed by atoms with Crippen molar-refractivity contribution in [3.63, 3.8) is 0 Å². The molecule has 0 aliphatic heterocycles. The number of halogens is 1. The van der Waals surface area contributed by atoms with Gasteiger partial charge in [-0.15, -0.1) is 24.0 Å². The van der Waals surface area contributed by atoms with Crippen molar-refractivity contribution < 1.29 is 4.74 Å². The third-order valence-corrected chi connectivity index (χ3v) is 3.48. The second-order valence-corrected chi connectivity index (χ2v) is 5.31. The van der Waals surface area contributed by atoms with E-state index in [2.05, 4.69) is 35.4 Å². The van der Waals surface area contributed by atoms with E-state index in [1.807, 2.05) is 31.2 Å². The fraction of sp³-hybridized carbons (Fsp3) is 0.278. The number of nitrogens with one attached hydrogen (secondary N) is 1. The Bertz CT molecular complexity index is 654. The van der Waals surface area contributed by atoms with Crippen molar-refractivity contribution in [1.29, 1.82) is 0 Å². The number of anilines is 1. The first-order valence-electron chi connectivity index (χ1n) is 7.35. The summed E-state index contributed by atoms with van der Waals surface area (Å²) in [5.41, 5.74) is 10.4. The van der Waals surface area contributed by atoms with Crippen LogP contribution in [0.15, 0.2) is 47.5 Å². The second kappa shape index (κ2) is 9.39. The van der Waals surface area contributed by atoms with Crippen LogP contribution in [-0.4, -0.2) is 19.6 Å². The fourth-order valence-electron chi connectivity index (χ4n) is 2.15. The van der Waals surface area contributed by atoms with Crippen molar-refractivity contribution >= 4 is 35.6 Å². The van der Waals surface area contributed by atoms with Crippen LogP contribution < -0.4 is 15.8 Å². The average Bonchev–Trinajstić information content (AvgIpc) is 2.51. The lowest BCUT2D eigenvalue weighted by Gasteiger charge is -2.08. The van der Waals surface area contributed by atoms with Gasteiger partial charge in [0.05, 0.1) is 7.11 Å². The van der Waals surface area contributed by atoms with Gasteiger partial charge in [-0.25, -0.2) is 0 Å². The second-order valence-electron chi connectivity index (χ2n) is 5.31. The number of ether oxygens (including phenoxy) is 1. The highest BCUT2D eigenvalue weighted by Crippen LogP contribution is 2.19. The molecule has 0 aromatic heterocycles. The Morgan fingerprint density at radius 2 is 1.83 bits per heavy atom. The summed E-state index contributed by atoms with van der Waals surface area (Å²) in [5.74, 6) is 1.34. The molecule has 0 saturated carbocycles. The van der Waals surface area contributed by atoms with Gasteiger partial charge in [0, 0.05) is 12.2 Å². The highest BCUT2D eigenvalue weighted by molar-refractivity contribution is 14.0. The van der Waals surface area contributed by atoms with Gasteiger partial charge >= 0.3 is 0 Å². The van der Waals surface area contributed by atoms with Crippen LogP contribution in [0.3, 0.4) is 0 Å². The van der Waals surface area contributed by atoms with E-state index in [1.165, 1.54) is 11.1 Å². The summed E-state index contributed by atoms with van der Waals surface area (Å²) in [6, 6.07) is 14.3. The van der Waals surface area contributed by atoms with E-state index < -0.39 is 0 Å². The third-order valence-electron chi connectivity index (χ3n) is 3.48. The number of aryl methyl sites for hydroxylation is 2. The van der Waals surface area contributed by atoms with E-state index in [0.717, 1.165) is 23.4 Å². The average molecular weight is 425 g/mol. The molecule has 3 N–H and O–H groups in total. The highest BCUT2D eigenvalue weighted by Gasteiger charge is 2.00. The van der Waals surface area contributed by atoms with Gasteiger partial charge in [-0.1, -0.05) is 29.8 Å². The maximum absolute atomic E-state index is 5.90. The topological polar surface area (TPSA) is 59.6 Å². The van der Waals surface area contributed by atoms with E-state index in [-0.39, 0.29) is 24.0 Å². The quantitative estimate of drug-likeness (QED) is 0.434. The van der Waals surface area contributed by atoms with Gasteiger partial charge < -0.3 is 15.8 Å². The van der Waals surface area contributed by atoms with Crippen LogP contribution in [0.2, 0.25) is 0 Å². The molecule has 2 rings (SSSR count). The molecule has 0 heterocycles. The Balaban J connectivity index is 0.00000264. The van der Waals surface area contributed by atoms with Gasteiger partial charge in [-0.2, -0.15) is 0 Å². The summed E-state index contributed by atoms with van der Waals surface area (Å²) in [6.45, 7) is 4.72. The molecular weight excluding hydrogens is 401 g/mol. The molecule has 2 aromatic rings. The lowest BCUT2D eigenvalue weighted by Crippen LogP contribution is -2.23. The van der Waals surface area contributed by atoms with Gasteiger partial charge in [0.15, 0.2) is 5.96 Å². The molecule has 0 spiro atoms. The monoisotopic (exact) mass is 425 g/mol. The van der Waals surface area contributed by atoms with Gasteiger partial charge in [0.2, 0.25) is 0 Å². The predicted molar refractivity (Wildman–Crippen MR) is 108 cm³/mol. The first kappa shape index (κ1) is 19.3. The summed E-state index contributed by atoms with van der Waals surface area (Å²) in [4.78, 5) is 4.36. The number of guanidine groups is 1. The predicted octanol–water partition coefficient (Wildman–Crippen LogP) is 3.90. The number of nitrogens with two attached hydrogens (primary N) is 1. The highest BCUT2D eigenvalue weighted by atomic mass is 127. The summed E-state index contributed by atoms with van der Waals surface area (Å²) >= 11 is 0. The molecule has 0 amide bonds. The van der Waals surface area contributed by atoms with Gasteiger partial charge in [-0.3, -0.25) is 4.99 Å². The summed E-state index contributed by atoms with van der Waals surface area (Å²) < 4.78 is 5.33. The Kier molecular flexibility index (Phi) is 7.88. The number of methoxy groups -OCH3 is 1. The van der Waals surface area contributed by atoms with Crippen molar-refractivity contribution in [1.82, 2.24) is 0 Å². The first-order chi connectivity index (χ1) is 10.6. The van der Waals surface area contributed by atoms with E-state index in [9.17, 15) is 0 Å². The van der Waals surface area contributed by atoms with Crippen molar-refractivity contribution in [2.24, 2.45) is 10.7 Å². The molecule has 0 saturated heterocycles. The summed E-state index contributed by atoms with van der Waals surface area (Å²) in [6.07, 6.45) is 0.826. The molecule has 23 heavy (non-hydrogen) atoms. The van der Waals surface area contributed by atoms with Crippen molar-refractivity contribution in [3.8, 4) is 5.75 Å². The minimum Gasteiger partial charge on any atom is -0.496 e. The van der Waals surface area contributed by atoms with Crippen LogP contribution in [0.4, 0.5) is 5.69 Å². The maximum atomic E-state index is 5.90. The van der Waals surface area contributed by atoms with Gasteiger partial charge in [0.1, 0.15) is 5.75 Å². The molecule has 0 unspecified atom stereocenters. The number of hydrogen-bond donors (Lipinski definition) is 2. The maximum Gasteiger partial charge on any atom is 0.193 e. The zero-order valence-corrected chi connectivity index (χ0v) is 16.1. The minimum atomic E-state index is 0. The largest absolute Gasteiger partial charge is 0.496 e. The molecule has 0 aliphatic carbocycles. The Morgan fingerprint density at radius 1 is 1.13 bits per heavy atom. The lowest BCUT2D eigenvalue weighted by molar-refractivity contribution is 0.411. The SMILES string of the molecule is COc1cc(CCN=C(N)Nc2ccc(C)cc2)ccc1C.I. The summed E-state index contributed by atoms with van der Waals surface area (Å²) in [5, 5.41) is 3.09. The fourth-order valence-corrected chi connectivity index (χ4v) is 2.15. The first-order valence-corrected chi connectivity index (χ1v) is 7.35. The number of hydrogen-bond acceptors (Lipinski definition) is 2. The number of nitrogens with zero attached hydrogens (tertiary/aromatic N) is 1. The molecule has 4 nitrogen and oxygen atoms in total. The van der Waals surface area contributed by atoms with E-state index in [0.29, 0.717) is 12.5 Å². The van der Waals surface area contributed by atoms with Crippen LogP contribution in [-0.2, 0) is 6.42 Å². The lowest BCUT2D eigenvalue weighted by atomic mass is 10.1. The molecular formula is C18H24IN3O. The van der Waals surface area contributed by atoms with E-state index >= 15 is 0 Å². The molecule has 2 aromatic carbocycles. The summed E-state index contributed by atoms with van der Waals surface area (Å²) in [7, 11) is 1.69. The van der Waals surface area contributed by atoms with Crippen molar-refractivity contribution in [3.05, 3.63) is 59.2 Å². The van der Waals surface area contributed by atoms with Crippen molar-refractivity contribution in [2.75, 3.05) is 19.0 Å². The Labute approximate surface area is 155 Å². The van der Waals surface area contributed by atoms with E-state index in [1.54, 1.807) is 7.11 Å². The normalized spacial score (nSPS) is 10.8. The van der Waals surface area contributed by atoms with Crippen LogP contribution in [0.25, 0.3) is 0 Å². The molecule has 0 bridgehead atoms. The number of benzene rings is 2. The van der Waals surface area contributed by atoms with Gasteiger partial charge in [-0.05, 0) is 49.6 Å². The smallest absolute Gasteiger partial charge is 0.193 e. The zero-order valence-electron chi connectivity index (χ0n) is 13.8. The zero-order chi connectivity index (χ0) is 15.9. The third kappa shape index (κ3) is 6.09. The van der Waals surface area contributed by atoms with Crippen LogP contribution in [0, 0.1) is 13.8 Å². The minimum absolute atomic E-state index is 0. The Hall–Kier alpha value is -1.76. The molecule has 124 valence electrons. The molecule has 5 heteroatoms. The van der Waals surface area contributed by atoms with E-state index in [4.69, 9.17) is 10.5 Å². The van der Waals surface area contributed by atoms with Crippen molar-refractivity contribution in [2.45, 2.75) is 20.3 Å². The standard InChI is InChI=1S/C18H23N3O.HI/c1-13-4-8-16(9-5-13)21-18(19)20-11-10-15-7-6-14(2)17(12-15)22-3;/h4-9,12H,10-11H2,1-3H3,(H3,19,20,21);1H. The van der Waals surface area contributed by atoms with Crippen LogP contribution in [0.5, 0.6) is 5.75 Å². The molecule has 0 aliphatic rings. The Morgan fingerprint density at radius 3 is 2.48 bits per heavy atom. The van der Waals surface area contributed by atoms with Gasteiger partial charge in [0.25, 0.3) is 0 Å². The number of rotatable bonds is 5. The van der Waals surface area contributed by atoms with Crippen LogP contribution in [0.1, 0.15) is 16.7 Å². The van der Waals surface area contributed by atoms with Crippen LogP contribution >= 0.6 is 24.0 Å². The number of aliphatic imine (C=N–C) groups is 1. The molecule has 0 fully saturated rings. The molecule has 0 radical (unpaired) electrons. The molecule has 0 atom stereocenters.